The first-order chi connectivity index (χ1) is 13.1. The summed E-state index contributed by atoms with van der Waals surface area (Å²) in [5.74, 6) is 0.116. The molecule has 1 unspecified atom stereocenters. The number of rotatable bonds is 7. The Morgan fingerprint density at radius 2 is 2.15 bits per heavy atom. The minimum Gasteiger partial charge on any atom is -0.383 e. The summed E-state index contributed by atoms with van der Waals surface area (Å²) in [6, 6.07) is 12.1. The number of nitrogens with zero attached hydrogens (tertiary/aromatic N) is 1. The van der Waals surface area contributed by atoms with Crippen LogP contribution in [0, 0.1) is 18.7 Å². The number of amides is 1. The number of likely N-dealkylation sites (tertiary alicyclic amines) is 1. The first-order valence-electron chi connectivity index (χ1n) is 9.43. The average molecular weight is 370 g/mol. The zero-order chi connectivity index (χ0) is 19.2. The largest absolute Gasteiger partial charge is 0.383 e. The number of halogens is 1. The predicted octanol–water partition coefficient (Wildman–Crippen LogP) is 3.50. The summed E-state index contributed by atoms with van der Waals surface area (Å²) in [7, 11) is 1.72. The van der Waals surface area contributed by atoms with Crippen molar-refractivity contribution in [2.45, 2.75) is 13.3 Å². The Kier molecular flexibility index (Phi) is 6.58. The number of hydrogen-bond acceptors (Lipinski definition) is 3. The predicted molar refractivity (Wildman–Crippen MR) is 105 cm³/mol. The second kappa shape index (κ2) is 9.11. The molecule has 1 atom stereocenters. The highest BCUT2D eigenvalue weighted by Crippen LogP contribution is 2.25. The molecule has 1 N–H and O–H groups in total. The van der Waals surface area contributed by atoms with E-state index in [1.807, 2.05) is 25.1 Å². The standard InChI is InChI=1S/C22H27FN2O2/c1-16-6-7-20(23)13-21(16)18-4-3-5-19(12-18)22(26)24-14-17-8-9-25(15-17)10-11-27-2/h3-7,12-13,17H,8-11,14-15H2,1-2H3,(H,24,26). The van der Waals surface area contributed by atoms with Gasteiger partial charge in [-0.2, -0.15) is 0 Å². The topological polar surface area (TPSA) is 41.6 Å². The van der Waals surface area contributed by atoms with Crippen LogP contribution in [0.3, 0.4) is 0 Å². The van der Waals surface area contributed by atoms with E-state index in [0.717, 1.165) is 49.4 Å². The molecule has 1 heterocycles. The van der Waals surface area contributed by atoms with Crippen molar-refractivity contribution in [3.05, 3.63) is 59.4 Å². The van der Waals surface area contributed by atoms with Gasteiger partial charge in [0.05, 0.1) is 6.61 Å². The Hall–Kier alpha value is -2.24. The Morgan fingerprint density at radius 3 is 2.96 bits per heavy atom. The number of carbonyl (C=O) groups excluding carboxylic acids is 1. The summed E-state index contributed by atoms with van der Waals surface area (Å²) >= 11 is 0. The molecular formula is C22H27FN2O2. The number of methoxy groups -OCH3 is 1. The van der Waals surface area contributed by atoms with Gasteiger partial charge in [-0.25, -0.2) is 4.39 Å². The summed E-state index contributed by atoms with van der Waals surface area (Å²) in [5, 5.41) is 3.05. The van der Waals surface area contributed by atoms with Crippen molar-refractivity contribution in [2.24, 2.45) is 5.92 Å². The van der Waals surface area contributed by atoms with Gasteiger partial charge in [-0.05, 0) is 66.8 Å². The Bertz CT molecular complexity index is 794. The quantitative estimate of drug-likeness (QED) is 0.811. The minimum absolute atomic E-state index is 0.0822. The fourth-order valence-electron chi connectivity index (χ4n) is 3.58. The van der Waals surface area contributed by atoms with Crippen molar-refractivity contribution in [2.75, 3.05) is 39.9 Å². The zero-order valence-electron chi connectivity index (χ0n) is 16.0. The number of ether oxygens (including phenoxy) is 1. The molecular weight excluding hydrogens is 343 g/mol. The third-order valence-corrected chi connectivity index (χ3v) is 5.17. The van der Waals surface area contributed by atoms with E-state index in [1.165, 1.54) is 12.1 Å². The van der Waals surface area contributed by atoms with E-state index >= 15 is 0 Å². The lowest BCUT2D eigenvalue weighted by Gasteiger charge is -2.15. The van der Waals surface area contributed by atoms with Crippen LogP contribution in [0.2, 0.25) is 0 Å². The first kappa shape index (κ1) is 19.5. The van der Waals surface area contributed by atoms with Crippen molar-refractivity contribution in [3.8, 4) is 11.1 Å². The van der Waals surface area contributed by atoms with Gasteiger partial charge in [-0.3, -0.25) is 4.79 Å². The van der Waals surface area contributed by atoms with Crippen LogP contribution >= 0.6 is 0 Å². The Balaban J connectivity index is 1.60. The molecule has 3 rings (SSSR count). The van der Waals surface area contributed by atoms with E-state index in [2.05, 4.69) is 10.2 Å². The van der Waals surface area contributed by atoms with Crippen LogP contribution in [-0.2, 0) is 4.74 Å². The molecule has 0 aromatic heterocycles. The van der Waals surface area contributed by atoms with Gasteiger partial charge < -0.3 is 15.0 Å². The van der Waals surface area contributed by atoms with Crippen molar-refractivity contribution in [3.63, 3.8) is 0 Å². The molecule has 5 heteroatoms. The summed E-state index contributed by atoms with van der Waals surface area (Å²) in [4.78, 5) is 14.9. The smallest absolute Gasteiger partial charge is 0.251 e. The molecule has 1 aliphatic heterocycles. The third kappa shape index (κ3) is 5.15. The maximum Gasteiger partial charge on any atom is 0.251 e. The molecule has 2 aromatic carbocycles. The molecule has 0 radical (unpaired) electrons. The lowest BCUT2D eigenvalue weighted by Crippen LogP contribution is -2.31. The van der Waals surface area contributed by atoms with Crippen LogP contribution in [0.1, 0.15) is 22.3 Å². The van der Waals surface area contributed by atoms with Crippen molar-refractivity contribution < 1.29 is 13.9 Å². The lowest BCUT2D eigenvalue weighted by atomic mass is 9.98. The first-order valence-corrected chi connectivity index (χ1v) is 9.43. The van der Waals surface area contributed by atoms with Crippen molar-refractivity contribution in [1.29, 1.82) is 0 Å². The van der Waals surface area contributed by atoms with Crippen LogP contribution in [0.25, 0.3) is 11.1 Å². The van der Waals surface area contributed by atoms with Gasteiger partial charge >= 0.3 is 0 Å². The van der Waals surface area contributed by atoms with Gasteiger partial charge in [-0.1, -0.05) is 18.2 Å². The van der Waals surface area contributed by atoms with Gasteiger partial charge in [0.25, 0.3) is 5.91 Å². The van der Waals surface area contributed by atoms with Gasteiger partial charge in [-0.15, -0.1) is 0 Å². The van der Waals surface area contributed by atoms with E-state index in [9.17, 15) is 9.18 Å². The maximum atomic E-state index is 13.6. The minimum atomic E-state index is -0.273. The van der Waals surface area contributed by atoms with Gasteiger partial charge in [0, 0.05) is 32.3 Å². The lowest BCUT2D eigenvalue weighted by molar-refractivity contribution is 0.0946. The van der Waals surface area contributed by atoms with Crippen LogP contribution in [-0.4, -0.2) is 50.7 Å². The maximum absolute atomic E-state index is 13.6. The molecule has 0 saturated carbocycles. The van der Waals surface area contributed by atoms with Crippen LogP contribution in [0.4, 0.5) is 4.39 Å². The SMILES string of the molecule is COCCN1CCC(CNC(=O)c2cccc(-c3cc(F)ccc3C)c2)C1. The van der Waals surface area contributed by atoms with Crippen LogP contribution < -0.4 is 5.32 Å². The van der Waals surface area contributed by atoms with Crippen LogP contribution in [0.5, 0.6) is 0 Å². The third-order valence-electron chi connectivity index (χ3n) is 5.17. The molecule has 27 heavy (non-hydrogen) atoms. The van der Waals surface area contributed by atoms with E-state index in [-0.39, 0.29) is 11.7 Å². The number of aryl methyl sites for hydroxylation is 1. The van der Waals surface area contributed by atoms with E-state index in [1.54, 1.807) is 19.2 Å². The van der Waals surface area contributed by atoms with E-state index in [4.69, 9.17) is 4.74 Å². The summed E-state index contributed by atoms with van der Waals surface area (Å²) < 4.78 is 18.7. The number of carbonyl (C=O) groups is 1. The molecule has 1 aliphatic rings. The highest BCUT2D eigenvalue weighted by Gasteiger charge is 2.22. The molecule has 0 bridgehead atoms. The van der Waals surface area contributed by atoms with Crippen molar-refractivity contribution >= 4 is 5.91 Å². The average Bonchev–Trinajstić information content (AvgIpc) is 3.14. The molecule has 0 spiro atoms. The number of hydrogen-bond donors (Lipinski definition) is 1. The van der Waals surface area contributed by atoms with Gasteiger partial charge in [0.1, 0.15) is 5.82 Å². The number of benzene rings is 2. The summed E-state index contributed by atoms with van der Waals surface area (Å²) in [6.45, 7) is 6.34. The molecule has 1 amide bonds. The molecule has 144 valence electrons. The fourth-order valence-corrected chi connectivity index (χ4v) is 3.58. The van der Waals surface area contributed by atoms with Gasteiger partial charge in [0.2, 0.25) is 0 Å². The molecule has 1 saturated heterocycles. The number of nitrogens with one attached hydrogen (secondary N) is 1. The molecule has 0 aliphatic carbocycles. The second-order valence-electron chi connectivity index (χ2n) is 7.20. The van der Waals surface area contributed by atoms with E-state index < -0.39 is 0 Å². The second-order valence-corrected chi connectivity index (χ2v) is 7.20. The highest BCUT2D eigenvalue weighted by atomic mass is 19.1. The van der Waals surface area contributed by atoms with E-state index in [0.29, 0.717) is 18.0 Å². The Labute approximate surface area is 160 Å². The summed E-state index contributed by atoms with van der Waals surface area (Å²) in [6.07, 6.45) is 1.09. The molecule has 4 nitrogen and oxygen atoms in total. The normalized spacial score (nSPS) is 17.2. The van der Waals surface area contributed by atoms with Gasteiger partial charge in [0.15, 0.2) is 0 Å². The fraction of sp³-hybridized carbons (Fsp3) is 0.409. The monoisotopic (exact) mass is 370 g/mol. The zero-order valence-corrected chi connectivity index (χ0v) is 16.0. The molecule has 2 aromatic rings. The Morgan fingerprint density at radius 1 is 1.30 bits per heavy atom. The highest BCUT2D eigenvalue weighted by molar-refractivity contribution is 5.95. The van der Waals surface area contributed by atoms with Crippen LogP contribution in [0.15, 0.2) is 42.5 Å². The van der Waals surface area contributed by atoms with Crippen molar-refractivity contribution in [1.82, 2.24) is 10.2 Å². The summed E-state index contributed by atoms with van der Waals surface area (Å²) in [5.41, 5.74) is 3.25. The molecule has 1 fully saturated rings.